The summed E-state index contributed by atoms with van der Waals surface area (Å²) in [5.41, 5.74) is 0.759. The Labute approximate surface area is 326 Å². The Hall–Kier alpha value is -4.52. The first kappa shape index (κ1) is 40.3. The number of benzene rings is 4. The summed E-state index contributed by atoms with van der Waals surface area (Å²) in [4.78, 5) is 30.8. The second-order valence-electron chi connectivity index (χ2n) is 10.4. The van der Waals surface area contributed by atoms with Crippen LogP contribution in [0.4, 0.5) is 8.78 Å². The van der Waals surface area contributed by atoms with Crippen LogP contribution >= 0.6 is 62.3 Å². The summed E-state index contributed by atoms with van der Waals surface area (Å²) in [6.45, 7) is 3.92. The number of hydrogen-bond acceptors (Lipinski definition) is 6. The minimum atomic E-state index is -0.581. The van der Waals surface area contributed by atoms with Crippen molar-refractivity contribution in [2.45, 2.75) is 13.1 Å². The fraction of sp³-hybridized carbons (Fsp3) is 0.0811. The SMILES string of the molecule is C=CCn1cnc(F)c1.O=C(CBr)c1ccc(Oc2ccc(Cl)cc2)cc1Cl.O=C(Cn1cncc1F)c1ccc(Oc2ccc(Cl)cc2)cc1Cl. The summed E-state index contributed by atoms with van der Waals surface area (Å²) in [5.74, 6) is 0.873. The molecule has 4 aromatic carbocycles. The van der Waals surface area contributed by atoms with E-state index in [-0.39, 0.29) is 34.0 Å². The van der Waals surface area contributed by atoms with E-state index < -0.39 is 11.9 Å². The molecule has 0 fully saturated rings. The molecule has 6 aromatic rings. The Bertz CT molecular complexity index is 2130. The molecular weight excluding hydrogens is 824 g/mol. The summed E-state index contributed by atoms with van der Waals surface area (Å²) < 4.78 is 39.4. The number of alkyl halides is 1. The van der Waals surface area contributed by atoms with Gasteiger partial charge in [0.15, 0.2) is 11.6 Å². The number of imidazole rings is 2. The highest BCUT2D eigenvalue weighted by atomic mass is 79.9. The van der Waals surface area contributed by atoms with Crippen LogP contribution < -0.4 is 9.47 Å². The number of rotatable bonds is 11. The van der Waals surface area contributed by atoms with Crippen LogP contribution in [0.25, 0.3) is 0 Å². The molecule has 52 heavy (non-hydrogen) atoms. The van der Waals surface area contributed by atoms with Crippen LogP contribution in [0.2, 0.25) is 20.1 Å². The van der Waals surface area contributed by atoms with Gasteiger partial charge in [0.05, 0.1) is 47.0 Å². The molecule has 0 atom stereocenters. The molecule has 268 valence electrons. The molecule has 0 aliphatic rings. The molecule has 8 nitrogen and oxygen atoms in total. The monoisotopic (exact) mass is 848 g/mol. The normalized spacial score (nSPS) is 10.3. The van der Waals surface area contributed by atoms with Gasteiger partial charge in [-0.25, -0.2) is 9.97 Å². The van der Waals surface area contributed by atoms with Crippen molar-refractivity contribution in [3.8, 4) is 23.0 Å². The molecule has 0 unspecified atom stereocenters. The predicted octanol–water partition coefficient (Wildman–Crippen LogP) is 11.6. The van der Waals surface area contributed by atoms with E-state index >= 15 is 0 Å². The van der Waals surface area contributed by atoms with Crippen molar-refractivity contribution in [2.75, 3.05) is 5.33 Å². The van der Waals surface area contributed by atoms with Gasteiger partial charge >= 0.3 is 0 Å². The zero-order valence-electron chi connectivity index (χ0n) is 26.9. The summed E-state index contributed by atoms with van der Waals surface area (Å²) in [5, 5.41) is 2.09. The van der Waals surface area contributed by atoms with E-state index in [0.29, 0.717) is 50.2 Å². The molecule has 0 spiro atoms. The third-order valence-electron chi connectivity index (χ3n) is 6.62. The largest absolute Gasteiger partial charge is 0.457 e. The Morgan fingerprint density at radius 2 is 1.25 bits per heavy atom. The number of Topliss-reactive ketones (excluding diaryl/α,β-unsaturated/α-hetero) is 2. The van der Waals surface area contributed by atoms with Crippen LogP contribution in [0, 0.1) is 11.9 Å². The maximum atomic E-state index is 13.3. The maximum absolute atomic E-state index is 13.3. The van der Waals surface area contributed by atoms with Gasteiger partial charge in [-0.2, -0.15) is 8.78 Å². The third kappa shape index (κ3) is 12.3. The van der Waals surface area contributed by atoms with Gasteiger partial charge in [-0.15, -0.1) is 6.58 Å². The number of nitrogens with zero attached hydrogens (tertiary/aromatic N) is 4. The van der Waals surface area contributed by atoms with Crippen molar-refractivity contribution < 1.29 is 27.8 Å². The van der Waals surface area contributed by atoms with Crippen molar-refractivity contribution in [3.63, 3.8) is 0 Å². The lowest BCUT2D eigenvalue weighted by Crippen LogP contribution is -2.11. The second-order valence-corrected chi connectivity index (χ2v) is 12.6. The molecular formula is C37H27BrCl4F2N4O4. The Kier molecular flexibility index (Phi) is 15.4. The number of ketones is 2. The highest BCUT2D eigenvalue weighted by Gasteiger charge is 2.14. The molecule has 0 bridgehead atoms. The topological polar surface area (TPSA) is 88.2 Å². The molecule has 0 aliphatic carbocycles. The number of ether oxygens (including phenoxy) is 2. The lowest BCUT2D eigenvalue weighted by molar-refractivity contribution is 0.0966. The van der Waals surface area contributed by atoms with Gasteiger partial charge < -0.3 is 14.0 Å². The van der Waals surface area contributed by atoms with E-state index in [0.717, 1.165) is 10.8 Å². The predicted molar refractivity (Wildman–Crippen MR) is 203 cm³/mol. The minimum absolute atomic E-state index is 0.0666. The molecule has 2 heterocycles. The van der Waals surface area contributed by atoms with Gasteiger partial charge in [0, 0.05) is 39.8 Å². The summed E-state index contributed by atoms with van der Waals surface area (Å²) in [6, 6.07) is 23.5. The van der Waals surface area contributed by atoms with Gasteiger partial charge in [0.25, 0.3) is 0 Å². The lowest BCUT2D eigenvalue weighted by Gasteiger charge is -2.09. The Balaban J connectivity index is 0.000000192. The average Bonchev–Trinajstić information content (AvgIpc) is 3.73. The van der Waals surface area contributed by atoms with Crippen molar-refractivity contribution in [1.29, 1.82) is 0 Å². The molecule has 0 amide bonds. The molecule has 0 radical (unpaired) electrons. The highest BCUT2D eigenvalue weighted by Crippen LogP contribution is 2.29. The van der Waals surface area contributed by atoms with Crippen LogP contribution in [0.1, 0.15) is 20.7 Å². The first-order chi connectivity index (χ1) is 24.9. The Morgan fingerprint density at radius 3 is 1.65 bits per heavy atom. The third-order valence-corrected chi connectivity index (χ3v) is 8.26. The van der Waals surface area contributed by atoms with Crippen LogP contribution in [0.5, 0.6) is 23.0 Å². The van der Waals surface area contributed by atoms with Crippen LogP contribution in [0.15, 0.2) is 123 Å². The first-order valence-corrected chi connectivity index (χ1v) is 17.6. The maximum Gasteiger partial charge on any atom is 0.230 e. The average molecular weight is 851 g/mol. The van der Waals surface area contributed by atoms with Gasteiger partial charge in [-0.05, 0) is 72.8 Å². The smallest absolute Gasteiger partial charge is 0.230 e. The zero-order valence-corrected chi connectivity index (χ0v) is 31.5. The molecule has 0 N–H and O–H groups in total. The van der Waals surface area contributed by atoms with Gasteiger partial charge in [0.2, 0.25) is 11.9 Å². The molecule has 0 saturated heterocycles. The van der Waals surface area contributed by atoms with Crippen molar-refractivity contribution in [1.82, 2.24) is 19.1 Å². The number of halogens is 7. The molecule has 6 rings (SSSR count). The fourth-order valence-corrected chi connectivity index (χ4v) is 5.27. The number of hydrogen-bond donors (Lipinski definition) is 0. The van der Waals surface area contributed by atoms with Crippen LogP contribution in [-0.2, 0) is 13.1 Å². The van der Waals surface area contributed by atoms with Gasteiger partial charge in [0.1, 0.15) is 23.0 Å². The molecule has 0 saturated carbocycles. The van der Waals surface area contributed by atoms with Crippen LogP contribution in [-0.4, -0.2) is 36.0 Å². The number of carbonyl (C=O) groups excluding carboxylic acids is 2. The Morgan fingerprint density at radius 1 is 0.750 bits per heavy atom. The van der Waals surface area contributed by atoms with E-state index in [1.807, 2.05) is 0 Å². The minimum Gasteiger partial charge on any atom is -0.457 e. The summed E-state index contributed by atoms with van der Waals surface area (Å²) in [7, 11) is 0. The molecule has 0 aliphatic heterocycles. The lowest BCUT2D eigenvalue weighted by atomic mass is 10.1. The quantitative estimate of drug-likeness (QED) is 0.0733. The number of aromatic nitrogens is 4. The standard InChI is InChI=1S/C17H11Cl2FN2O2.C14H9BrCl2O2.C6H7FN2/c18-11-1-3-12(4-2-11)24-13-5-6-14(15(19)7-13)16(23)9-22-10-21-8-17(22)20;15-8-14(18)12-6-5-11(7-13(12)17)19-10-3-1-9(16)2-4-10;1-2-3-9-4-6(7)8-5-9/h1-8,10H,9H2;1-7H,8H2;2,4-5H,1,3H2. The second kappa shape index (κ2) is 19.9. The number of allylic oxidation sites excluding steroid dienone is 1. The molecule has 15 heteroatoms. The van der Waals surface area contributed by atoms with E-state index in [4.69, 9.17) is 55.9 Å². The van der Waals surface area contributed by atoms with Crippen molar-refractivity contribution in [2.24, 2.45) is 0 Å². The van der Waals surface area contributed by atoms with E-state index in [2.05, 4.69) is 32.5 Å². The summed E-state index contributed by atoms with van der Waals surface area (Å²) >= 11 is 26.9. The van der Waals surface area contributed by atoms with Gasteiger partial charge in [-0.1, -0.05) is 68.4 Å². The fourth-order valence-electron chi connectivity index (χ4n) is 4.16. The van der Waals surface area contributed by atoms with E-state index in [1.54, 1.807) is 89.5 Å². The molecule has 2 aromatic heterocycles. The van der Waals surface area contributed by atoms with E-state index in [9.17, 15) is 18.4 Å². The number of carbonyl (C=O) groups is 2. The highest BCUT2D eigenvalue weighted by molar-refractivity contribution is 9.09. The van der Waals surface area contributed by atoms with E-state index in [1.165, 1.54) is 24.9 Å². The van der Waals surface area contributed by atoms with Crippen molar-refractivity contribution >= 4 is 73.9 Å². The van der Waals surface area contributed by atoms with Crippen molar-refractivity contribution in [3.05, 3.63) is 166 Å². The van der Waals surface area contributed by atoms with Crippen LogP contribution in [0.3, 0.4) is 0 Å². The van der Waals surface area contributed by atoms with Gasteiger partial charge in [-0.3, -0.25) is 14.2 Å². The summed E-state index contributed by atoms with van der Waals surface area (Å²) in [6.07, 6.45) is 6.72. The zero-order chi connectivity index (χ0) is 37.6. The first-order valence-electron chi connectivity index (χ1n) is 15.0.